The van der Waals surface area contributed by atoms with Gasteiger partial charge in [0.15, 0.2) is 0 Å². The lowest BCUT2D eigenvalue weighted by Gasteiger charge is -2.24. The molecule has 1 aliphatic heterocycles. The summed E-state index contributed by atoms with van der Waals surface area (Å²) in [5.41, 5.74) is 5.26. The number of hydrogen-bond acceptors (Lipinski definition) is 7. The Bertz CT molecular complexity index is 1220. The fraction of sp³-hybridized carbons (Fsp3) is 0.208. The first-order chi connectivity index (χ1) is 16.4. The summed E-state index contributed by atoms with van der Waals surface area (Å²) >= 11 is 3.36. The molecule has 2 unspecified atom stereocenters. The second kappa shape index (κ2) is 10.4. The van der Waals surface area contributed by atoms with Crippen molar-refractivity contribution < 1.29 is 14.3 Å². The zero-order valence-electron chi connectivity index (χ0n) is 18.6. The highest BCUT2D eigenvalue weighted by atomic mass is 79.9. The van der Waals surface area contributed by atoms with E-state index in [1.165, 1.54) is 6.21 Å². The number of nitrogens with zero attached hydrogens (tertiary/aromatic N) is 4. The van der Waals surface area contributed by atoms with E-state index in [1.54, 1.807) is 25.3 Å². The molecular weight excluding hydrogens is 500 g/mol. The van der Waals surface area contributed by atoms with Crippen molar-refractivity contribution in [3.63, 3.8) is 0 Å². The number of fused-ring (bicyclic) bond motifs is 1. The lowest BCUT2D eigenvalue weighted by molar-refractivity contribution is -0.136. The second-order valence-electron chi connectivity index (χ2n) is 7.74. The number of hydrazone groups is 1. The SMILES string of the molecule is COc1ccc(C=NNC(=O)C(=O)Nc2ccc(Br)cc2C)cc1CN1N=NC2C=CC=CC21. The highest BCUT2D eigenvalue weighted by Gasteiger charge is 2.30. The van der Waals surface area contributed by atoms with Gasteiger partial charge < -0.3 is 10.1 Å². The van der Waals surface area contributed by atoms with E-state index in [2.05, 4.69) is 48.2 Å². The van der Waals surface area contributed by atoms with Crippen molar-refractivity contribution in [2.75, 3.05) is 12.4 Å². The number of nitrogens with one attached hydrogen (secondary N) is 2. The third-order valence-electron chi connectivity index (χ3n) is 5.38. The Labute approximate surface area is 205 Å². The lowest BCUT2D eigenvalue weighted by Crippen LogP contribution is -2.32. The van der Waals surface area contributed by atoms with Gasteiger partial charge in [-0.2, -0.15) is 10.2 Å². The van der Waals surface area contributed by atoms with Crippen LogP contribution in [0.15, 0.2) is 80.6 Å². The minimum atomic E-state index is -0.868. The minimum absolute atomic E-state index is 0.0169. The van der Waals surface area contributed by atoms with Gasteiger partial charge in [0, 0.05) is 15.7 Å². The van der Waals surface area contributed by atoms with Crippen LogP contribution in [-0.4, -0.2) is 42.2 Å². The smallest absolute Gasteiger partial charge is 0.329 e. The van der Waals surface area contributed by atoms with E-state index in [4.69, 9.17) is 4.74 Å². The van der Waals surface area contributed by atoms with Crippen molar-refractivity contribution in [3.8, 4) is 5.75 Å². The number of aryl methyl sites for hydroxylation is 1. The molecule has 0 spiro atoms. The van der Waals surface area contributed by atoms with Crippen molar-refractivity contribution in [1.82, 2.24) is 10.4 Å². The standard InChI is InChI=1S/C24H23BrN6O3/c1-15-11-18(25)8-9-19(15)27-23(32)24(33)29-26-13-16-7-10-22(34-2)17(12-16)14-31-21-6-4-3-5-20(21)28-30-31/h3-13,20-21H,14H2,1-2H3,(H,27,32)(H,29,33). The molecule has 0 saturated heterocycles. The third kappa shape index (κ3) is 5.40. The molecule has 0 saturated carbocycles. The van der Waals surface area contributed by atoms with Crippen LogP contribution in [0.1, 0.15) is 16.7 Å². The van der Waals surface area contributed by atoms with E-state index >= 15 is 0 Å². The largest absolute Gasteiger partial charge is 0.496 e. The number of hydrogen-bond donors (Lipinski definition) is 2. The van der Waals surface area contributed by atoms with Gasteiger partial charge in [-0.15, -0.1) is 0 Å². The van der Waals surface area contributed by atoms with Crippen LogP contribution < -0.4 is 15.5 Å². The number of benzene rings is 2. The number of methoxy groups -OCH3 is 1. The van der Waals surface area contributed by atoms with Crippen LogP contribution in [-0.2, 0) is 16.1 Å². The van der Waals surface area contributed by atoms with Crippen molar-refractivity contribution in [1.29, 1.82) is 0 Å². The summed E-state index contributed by atoms with van der Waals surface area (Å²) < 4.78 is 6.38. The molecule has 2 aliphatic rings. The van der Waals surface area contributed by atoms with Crippen molar-refractivity contribution in [2.45, 2.75) is 25.6 Å². The molecule has 4 rings (SSSR count). The Morgan fingerprint density at radius 3 is 2.79 bits per heavy atom. The lowest BCUT2D eigenvalue weighted by atomic mass is 10.0. The molecule has 1 aliphatic carbocycles. The quantitative estimate of drug-likeness (QED) is 0.340. The highest BCUT2D eigenvalue weighted by Crippen LogP contribution is 2.28. The van der Waals surface area contributed by atoms with Gasteiger partial charge in [-0.25, -0.2) is 5.43 Å². The summed E-state index contributed by atoms with van der Waals surface area (Å²) in [6.07, 6.45) is 9.51. The van der Waals surface area contributed by atoms with Gasteiger partial charge in [0.1, 0.15) is 11.8 Å². The van der Waals surface area contributed by atoms with Crippen LogP contribution in [0, 0.1) is 6.92 Å². The van der Waals surface area contributed by atoms with Crippen LogP contribution in [0.3, 0.4) is 0 Å². The number of carbonyl (C=O) groups is 2. The van der Waals surface area contributed by atoms with Crippen molar-refractivity contribution in [3.05, 3.63) is 81.9 Å². The summed E-state index contributed by atoms with van der Waals surface area (Å²) in [7, 11) is 1.61. The summed E-state index contributed by atoms with van der Waals surface area (Å²) in [4.78, 5) is 24.3. The van der Waals surface area contributed by atoms with Crippen LogP contribution in [0.4, 0.5) is 5.69 Å². The number of ether oxygens (including phenoxy) is 1. The Morgan fingerprint density at radius 2 is 2.00 bits per heavy atom. The zero-order valence-corrected chi connectivity index (χ0v) is 20.2. The molecule has 2 aromatic rings. The first kappa shape index (κ1) is 23.4. The Hall–Kier alpha value is -3.79. The number of anilines is 1. The van der Waals surface area contributed by atoms with E-state index < -0.39 is 11.8 Å². The number of carbonyl (C=O) groups excluding carboxylic acids is 2. The third-order valence-corrected chi connectivity index (χ3v) is 5.87. The average Bonchev–Trinajstić information content (AvgIpc) is 3.24. The summed E-state index contributed by atoms with van der Waals surface area (Å²) in [6, 6.07) is 11.0. The molecule has 10 heteroatoms. The summed E-state index contributed by atoms with van der Waals surface area (Å²) in [6.45, 7) is 2.33. The molecule has 0 radical (unpaired) electrons. The molecule has 2 N–H and O–H groups in total. The van der Waals surface area contributed by atoms with Crippen molar-refractivity contribution >= 4 is 39.6 Å². The maximum absolute atomic E-state index is 12.2. The van der Waals surface area contributed by atoms with Gasteiger partial charge in [0.2, 0.25) is 0 Å². The van der Waals surface area contributed by atoms with E-state index in [0.29, 0.717) is 18.0 Å². The fourth-order valence-electron chi connectivity index (χ4n) is 3.63. The normalized spacial score (nSPS) is 18.3. The maximum atomic E-state index is 12.2. The maximum Gasteiger partial charge on any atom is 0.329 e. The predicted octanol–water partition coefficient (Wildman–Crippen LogP) is 3.90. The zero-order chi connectivity index (χ0) is 24.1. The van der Waals surface area contributed by atoms with Crippen LogP contribution in [0.5, 0.6) is 5.75 Å². The monoisotopic (exact) mass is 522 g/mol. The predicted molar refractivity (Wildman–Crippen MR) is 132 cm³/mol. The fourth-order valence-corrected chi connectivity index (χ4v) is 4.10. The van der Waals surface area contributed by atoms with Gasteiger partial charge in [0.25, 0.3) is 0 Å². The second-order valence-corrected chi connectivity index (χ2v) is 8.65. The van der Waals surface area contributed by atoms with Crippen molar-refractivity contribution in [2.24, 2.45) is 15.4 Å². The van der Waals surface area contributed by atoms with Crippen LogP contribution >= 0.6 is 15.9 Å². The van der Waals surface area contributed by atoms with E-state index in [-0.39, 0.29) is 12.1 Å². The topological polar surface area (TPSA) is 108 Å². The van der Waals surface area contributed by atoms with Crippen LogP contribution in [0.25, 0.3) is 0 Å². The molecule has 1 heterocycles. The number of amides is 2. The van der Waals surface area contributed by atoms with Gasteiger partial charge in [-0.3, -0.25) is 14.6 Å². The molecule has 174 valence electrons. The number of allylic oxidation sites excluding steroid dienone is 2. The Kier molecular flexibility index (Phi) is 7.17. The van der Waals surface area contributed by atoms with E-state index in [0.717, 1.165) is 21.2 Å². The number of rotatable bonds is 6. The number of halogens is 1. The molecule has 2 amide bonds. The average molecular weight is 523 g/mol. The van der Waals surface area contributed by atoms with E-state index in [1.807, 2.05) is 48.4 Å². The van der Waals surface area contributed by atoms with Gasteiger partial charge in [-0.05, 0) is 54.4 Å². The van der Waals surface area contributed by atoms with Gasteiger partial charge in [0.05, 0.1) is 25.9 Å². The molecule has 2 atom stereocenters. The molecule has 0 fully saturated rings. The molecule has 2 aromatic carbocycles. The molecular formula is C24H23BrN6O3. The Balaban J connectivity index is 1.38. The van der Waals surface area contributed by atoms with Crippen LogP contribution in [0.2, 0.25) is 0 Å². The van der Waals surface area contributed by atoms with Gasteiger partial charge >= 0.3 is 11.8 Å². The Morgan fingerprint density at radius 1 is 1.18 bits per heavy atom. The summed E-state index contributed by atoms with van der Waals surface area (Å²) in [5, 5.41) is 17.0. The molecule has 9 nitrogen and oxygen atoms in total. The first-order valence-electron chi connectivity index (χ1n) is 10.5. The highest BCUT2D eigenvalue weighted by molar-refractivity contribution is 9.10. The summed E-state index contributed by atoms with van der Waals surface area (Å²) in [5.74, 6) is -0.964. The molecule has 0 bridgehead atoms. The minimum Gasteiger partial charge on any atom is -0.496 e. The first-order valence-corrected chi connectivity index (χ1v) is 11.3. The van der Waals surface area contributed by atoms with E-state index in [9.17, 15) is 9.59 Å². The van der Waals surface area contributed by atoms with Gasteiger partial charge in [-0.1, -0.05) is 45.5 Å². The molecule has 34 heavy (non-hydrogen) atoms. The molecule has 0 aromatic heterocycles.